The first-order valence-corrected chi connectivity index (χ1v) is 18.1. The van der Waals surface area contributed by atoms with Crippen molar-refractivity contribution in [3.8, 4) is 28.5 Å². The Morgan fingerprint density at radius 3 is 2.31 bits per heavy atom. The molecule has 51 heavy (non-hydrogen) atoms. The standard InChI is InChI=1S/C40H30F3N4O3S/c1-22-6-14-29(15-7-22)51(49,50)47-20-32(30-17-28(41)18-34(42)39(30)47)38-31(19-44)35(27-13-8-23-4-2-3-5-26(23)16-27)36(43)40(46-38)45-37-25-11-9-24(10-12-25)33(37)21-48/h2-8,13-18,20,24-25,33,37H,9-12H2,1H3,(H,45,46). The molecule has 0 saturated heterocycles. The van der Waals surface area contributed by atoms with Crippen LogP contribution in [0.2, 0.25) is 0 Å². The predicted molar refractivity (Wildman–Crippen MR) is 189 cm³/mol. The first-order valence-electron chi connectivity index (χ1n) is 16.7. The summed E-state index contributed by atoms with van der Waals surface area (Å²) in [6.07, 6.45) is 6.68. The van der Waals surface area contributed by atoms with E-state index in [4.69, 9.17) is 0 Å². The first-order chi connectivity index (χ1) is 24.6. The average molecular weight is 704 g/mol. The van der Waals surface area contributed by atoms with Gasteiger partial charge in [-0.3, -0.25) is 4.79 Å². The van der Waals surface area contributed by atoms with E-state index in [2.05, 4.69) is 22.7 Å². The number of aromatic nitrogens is 2. The molecule has 255 valence electrons. The van der Waals surface area contributed by atoms with Crippen molar-refractivity contribution in [3.05, 3.63) is 114 Å². The monoisotopic (exact) mass is 703 g/mol. The van der Waals surface area contributed by atoms with Crippen molar-refractivity contribution < 1.29 is 26.4 Å². The van der Waals surface area contributed by atoms with Gasteiger partial charge in [-0.1, -0.05) is 54.1 Å². The minimum absolute atomic E-state index is 0.0515. The molecule has 7 nitrogen and oxygen atoms in total. The van der Waals surface area contributed by atoms with Crippen molar-refractivity contribution in [2.24, 2.45) is 17.8 Å². The number of nitriles is 1. The normalized spacial score (nSPS) is 20.1. The summed E-state index contributed by atoms with van der Waals surface area (Å²) >= 11 is 0. The summed E-state index contributed by atoms with van der Waals surface area (Å²) in [5, 5.41) is 15.4. The van der Waals surface area contributed by atoms with Crippen molar-refractivity contribution in [1.82, 2.24) is 8.96 Å². The maximum atomic E-state index is 17.0. The first kappa shape index (κ1) is 32.7. The highest BCUT2D eigenvalue weighted by molar-refractivity contribution is 7.90. The number of carbonyl (C=O) groups excluding carboxylic acids is 1. The molecule has 2 unspecified atom stereocenters. The molecule has 3 aliphatic rings. The van der Waals surface area contributed by atoms with E-state index in [1.807, 2.05) is 24.3 Å². The molecule has 1 radical (unpaired) electrons. The fourth-order valence-corrected chi connectivity index (χ4v) is 9.39. The molecule has 11 heteroatoms. The summed E-state index contributed by atoms with van der Waals surface area (Å²) < 4.78 is 76.5. The molecule has 3 saturated carbocycles. The number of aryl methyl sites for hydroxylation is 1. The SMILES string of the molecule is Cc1ccc(S(=O)(=O)n2cc(-c3nc(NC4C5CCC(CC5)C4[C]=O)c(F)c(-c4ccc5ccccc5c4)c3C#N)c3cc(F)cc(F)c32)cc1. The number of nitrogens with zero attached hydrogens (tertiary/aromatic N) is 3. The molecule has 4 aromatic carbocycles. The van der Waals surface area contributed by atoms with Crippen LogP contribution >= 0.6 is 0 Å². The second-order valence-corrected chi connectivity index (χ2v) is 15.3. The van der Waals surface area contributed by atoms with Crippen LogP contribution in [0.3, 0.4) is 0 Å². The van der Waals surface area contributed by atoms with Gasteiger partial charge in [0.2, 0.25) is 6.29 Å². The summed E-state index contributed by atoms with van der Waals surface area (Å²) in [4.78, 5) is 16.7. The Labute approximate surface area is 292 Å². The smallest absolute Gasteiger partial charge is 0.268 e. The van der Waals surface area contributed by atoms with Crippen molar-refractivity contribution in [1.29, 1.82) is 5.26 Å². The van der Waals surface area contributed by atoms with E-state index in [9.17, 15) is 22.9 Å². The summed E-state index contributed by atoms with van der Waals surface area (Å²) in [7, 11) is -4.46. The van der Waals surface area contributed by atoms with E-state index >= 15 is 8.78 Å². The second-order valence-electron chi connectivity index (χ2n) is 13.5. The zero-order valence-electron chi connectivity index (χ0n) is 27.3. The molecule has 3 aliphatic carbocycles. The van der Waals surface area contributed by atoms with Gasteiger partial charge in [0.15, 0.2) is 17.5 Å². The largest absolute Gasteiger partial charge is 0.364 e. The quantitative estimate of drug-likeness (QED) is 0.178. The maximum Gasteiger partial charge on any atom is 0.268 e. The van der Waals surface area contributed by atoms with Crippen LogP contribution in [0.1, 0.15) is 36.8 Å². The van der Waals surface area contributed by atoms with Crippen LogP contribution in [0, 0.1) is 53.5 Å². The van der Waals surface area contributed by atoms with Gasteiger partial charge < -0.3 is 5.32 Å². The number of pyridine rings is 1. The number of hydrogen-bond acceptors (Lipinski definition) is 6. The molecule has 2 bridgehead atoms. The highest BCUT2D eigenvalue weighted by Crippen LogP contribution is 2.47. The third kappa shape index (κ3) is 5.36. The lowest BCUT2D eigenvalue weighted by Crippen LogP contribution is -2.49. The number of hydrogen-bond donors (Lipinski definition) is 1. The molecule has 2 aromatic heterocycles. The molecular formula is C40H30F3N4O3S. The van der Waals surface area contributed by atoms with Gasteiger partial charge >= 0.3 is 0 Å². The van der Waals surface area contributed by atoms with E-state index in [1.54, 1.807) is 37.3 Å². The van der Waals surface area contributed by atoms with E-state index in [1.165, 1.54) is 12.1 Å². The molecule has 2 atom stereocenters. The topological polar surface area (TPSA) is 105 Å². The second kappa shape index (κ2) is 12.4. The molecule has 1 N–H and O–H groups in total. The number of fused-ring (bicyclic) bond motifs is 5. The Bertz CT molecular complexity index is 2540. The highest BCUT2D eigenvalue weighted by Gasteiger charge is 2.45. The lowest BCUT2D eigenvalue weighted by Gasteiger charge is -2.46. The summed E-state index contributed by atoms with van der Waals surface area (Å²) in [5.74, 6) is -3.61. The number of anilines is 1. The van der Waals surface area contributed by atoms with E-state index < -0.39 is 45.0 Å². The Balaban J connectivity index is 1.41. The van der Waals surface area contributed by atoms with Crippen LogP contribution in [-0.2, 0) is 14.8 Å². The predicted octanol–water partition coefficient (Wildman–Crippen LogP) is 8.68. The third-order valence-corrected chi connectivity index (χ3v) is 12.2. The van der Waals surface area contributed by atoms with Gasteiger partial charge in [0, 0.05) is 40.7 Å². The fourth-order valence-electron chi connectivity index (χ4n) is 8.01. The molecule has 0 amide bonds. The number of halogens is 3. The van der Waals surface area contributed by atoms with Gasteiger partial charge in [0.05, 0.1) is 16.2 Å². The van der Waals surface area contributed by atoms with Gasteiger partial charge in [0.1, 0.15) is 17.4 Å². The maximum absolute atomic E-state index is 17.0. The van der Waals surface area contributed by atoms with Gasteiger partial charge in [-0.25, -0.2) is 30.5 Å². The molecule has 3 fully saturated rings. The fraction of sp³-hybridized carbons (Fsp3) is 0.225. The minimum Gasteiger partial charge on any atom is -0.364 e. The van der Waals surface area contributed by atoms with Crippen molar-refractivity contribution in [2.45, 2.75) is 43.5 Å². The van der Waals surface area contributed by atoms with Gasteiger partial charge in [-0.2, -0.15) is 5.26 Å². The van der Waals surface area contributed by atoms with E-state index in [-0.39, 0.29) is 50.3 Å². The van der Waals surface area contributed by atoms with Crippen LogP contribution in [0.5, 0.6) is 0 Å². The third-order valence-electron chi connectivity index (χ3n) is 10.6. The number of benzene rings is 4. The van der Waals surface area contributed by atoms with Gasteiger partial charge in [0.25, 0.3) is 10.0 Å². The Kier molecular flexibility index (Phi) is 7.95. The zero-order valence-corrected chi connectivity index (χ0v) is 28.1. The molecule has 9 rings (SSSR count). The molecular weight excluding hydrogens is 674 g/mol. The summed E-state index contributed by atoms with van der Waals surface area (Å²) in [6.45, 7) is 1.79. The van der Waals surface area contributed by atoms with Crippen LogP contribution in [-0.4, -0.2) is 29.7 Å². The van der Waals surface area contributed by atoms with E-state index in [0.29, 0.717) is 15.6 Å². The molecule has 0 aliphatic heterocycles. The summed E-state index contributed by atoms with van der Waals surface area (Å²) in [6, 6.07) is 21.7. The minimum atomic E-state index is -4.46. The van der Waals surface area contributed by atoms with Gasteiger partial charge in [-0.05, 0) is 85.0 Å². The van der Waals surface area contributed by atoms with E-state index in [0.717, 1.165) is 54.3 Å². The zero-order chi connectivity index (χ0) is 35.6. The lowest BCUT2D eigenvalue weighted by molar-refractivity contribution is 0.118. The highest BCUT2D eigenvalue weighted by atomic mass is 32.2. The Morgan fingerprint density at radius 1 is 0.902 bits per heavy atom. The molecule has 0 spiro atoms. The van der Waals surface area contributed by atoms with Crippen LogP contribution in [0.4, 0.5) is 19.0 Å². The van der Waals surface area contributed by atoms with Crippen LogP contribution < -0.4 is 5.32 Å². The Hall–Kier alpha value is -5.47. The van der Waals surface area contributed by atoms with Crippen molar-refractivity contribution in [3.63, 3.8) is 0 Å². The number of rotatable bonds is 7. The van der Waals surface area contributed by atoms with Crippen molar-refractivity contribution >= 4 is 43.8 Å². The summed E-state index contributed by atoms with van der Waals surface area (Å²) in [5.41, 5.74) is 0.0390. The molecule has 2 heterocycles. The van der Waals surface area contributed by atoms with Crippen molar-refractivity contribution in [2.75, 3.05) is 5.32 Å². The lowest BCUT2D eigenvalue weighted by atomic mass is 9.62. The molecule has 6 aromatic rings. The van der Waals surface area contributed by atoms with Crippen LogP contribution in [0.25, 0.3) is 44.1 Å². The van der Waals surface area contributed by atoms with Gasteiger partial charge in [-0.15, -0.1) is 0 Å². The number of nitrogens with one attached hydrogen (secondary N) is 1. The van der Waals surface area contributed by atoms with Crippen LogP contribution in [0.15, 0.2) is 90.0 Å². The average Bonchev–Trinajstić information content (AvgIpc) is 3.53. The Morgan fingerprint density at radius 2 is 1.61 bits per heavy atom.